The summed E-state index contributed by atoms with van der Waals surface area (Å²) in [6.45, 7) is 5.13. The molecule has 134 valence electrons. The summed E-state index contributed by atoms with van der Waals surface area (Å²) in [7, 11) is 0. The minimum absolute atomic E-state index is 0.0211. The highest BCUT2D eigenvalue weighted by Gasteiger charge is 2.27. The third-order valence-corrected chi connectivity index (χ3v) is 2.82. The van der Waals surface area contributed by atoms with E-state index in [2.05, 4.69) is 10.3 Å². The standard InChI is InChI=1S/C14H21N3O7/c1-14(2,3)24-13(21)15-7-6-9(18)11(20)8-4-5-10(19)12(16-8)17(22)23/h4-5,9,11,18-20H,6-7H2,1-3H3,(H,15,21). The number of nitrogens with zero attached hydrogens (tertiary/aromatic N) is 2. The first kappa shape index (κ1) is 19.6. The molecular weight excluding hydrogens is 322 g/mol. The van der Waals surface area contributed by atoms with Gasteiger partial charge in [-0.15, -0.1) is 0 Å². The number of carbonyl (C=O) groups excluding carboxylic acids is 1. The molecule has 1 rings (SSSR count). The maximum Gasteiger partial charge on any atom is 0.407 e. The van der Waals surface area contributed by atoms with Crippen LogP contribution in [0.15, 0.2) is 12.1 Å². The zero-order chi connectivity index (χ0) is 18.5. The van der Waals surface area contributed by atoms with E-state index < -0.39 is 40.4 Å². The SMILES string of the molecule is CC(C)(C)OC(=O)NCCC(O)C(O)c1ccc(O)c([N+](=O)[O-])n1. The van der Waals surface area contributed by atoms with Gasteiger partial charge < -0.3 is 35.5 Å². The van der Waals surface area contributed by atoms with Crippen LogP contribution in [0.2, 0.25) is 0 Å². The minimum atomic E-state index is -1.51. The van der Waals surface area contributed by atoms with Crippen molar-refractivity contribution >= 4 is 11.9 Å². The monoisotopic (exact) mass is 343 g/mol. The van der Waals surface area contributed by atoms with Gasteiger partial charge in [0.1, 0.15) is 11.7 Å². The predicted molar refractivity (Wildman–Crippen MR) is 82.4 cm³/mol. The normalized spacial score (nSPS) is 13.9. The Morgan fingerprint density at radius 3 is 2.58 bits per heavy atom. The highest BCUT2D eigenvalue weighted by Crippen LogP contribution is 2.26. The van der Waals surface area contributed by atoms with E-state index in [0.29, 0.717) is 0 Å². The van der Waals surface area contributed by atoms with Crippen molar-refractivity contribution in [1.29, 1.82) is 0 Å². The first-order valence-corrected chi connectivity index (χ1v) is 7.18. The molecule has 0 aliphatic heterocycles. The summed E-state index contributed by atoms with van der Waals surface area (Å²) in [5.74, 6) is -1.46. The summed E-state index contributed by atoms with van der Waals surface area (Å²) in [5.41, 5.74) is -0.818. The maximum atomic E-state index is 11.4. The largest absolute Gasteiger partial charge is 0.501 e. The van der Waals surface area contributed by atoms with Crippen LogP contribution in [0.3, 0.4) is 0 Å². The molecular formula is C14H21N3O7. The van der Waals surface area contributed by atoms with Crippen molar-refractivity contribution in [3.63, 3.8) is 0 Å². The molecule has 2 atom stereocenters. The number of hydrogen-bond acceptors (Lipinski definition) is 8. The van der Waals surface area contributed by atoms with E-state index in [-0.39, 0.29) is 18.7 Å². The van der Waals surface area contributed by atoms with Crippen molar-refractivity contribution in [2.24, 2.45) is 0 Å². The number of aromatic hydroxyl groups is 1. The van der Waals surface area contributed by atoms with E-state index in [4.69, 9.17) is 4.74 Å². The lowest BCUT2D eigenvalue weighted by molar-refractivity contribution is -0.390. The first-order chi connectivity index (χ1) is 11.0. The number of aromatic nitrogens is 1. The number of aliphatic hydroxyl groups is 2. The van der Waals surface area contributed by atoms with Gasteiger partial charge in [0, 0.05) is 6.54 Å². The fraction of sp³-hybridized carbons (Fsp3) is 0.571. The molecule has 0 fully saturated rings. The number of carbonyl (C=O) groups is 1. The summed E-state index contributed by atoms with van der Waals surface area (Å²) in [6.07, 6.45) is -3.53. The molecule has 0 saturated carbocycles. The Bertz CT molecular complexity index is 601. The molecule has 0 bridgehead atoms. The maximum absolute atomic E-state index is 11.4. The zero-order valence-corrected chi connectivity index (χ0v) is 13.6. The van der Waals surface area contributed by atoms with Crippen LogP contribution < -0.4 is 5.32 Å². The third-order valence-electron chi connectivity index (χ3n) is 2.82. The Balaban J connectivity index is 2.59. The van der Waals surface area contributed by atoms with Gasteiger partial charge in [-0.25, -0.2) is 4.79 Å². The number of alkyl carbamates (subject to hydrolysis) is 1. The van der Waals surface area contributed by atoms with E-state index in [1.165, 1.54) is 0 Å². The van der Waals surface area contributed by atoms with Crippen molar-refractivity contribution in [1.82, 2.24) is 10.3 Å². The molecule has 1 aromatic heterocycles. The molecule has 0 aromatic carbocycles. The molecule has 0 saturated heterocycles. The van der Waals surface area contributed by atoms with E-state index in [1.807, 2.05) is 0 Å². The van der Waals surface area contributed by atoms with Crippen molar-refractivity contribution < 1.29 is 29.8 Å². The van der Waals surface area contributed by atoms with Crippen molar-refractivity contribution in [3.05, 3.63) is 27.9 Å². The highest BCUT2D eigenvalue weighted by molar-refractivity contribution is 5.67. The number of rotatable bonds is 6. The van der Waals surface area contributed by atoms with Crippen LogP contribution >= 0.6 is 0 Å². The van der Waals surface area contributed by atoms with Crippen molar-refractivity contribution in [3.8, 4) is 5.75 Å². The third kappa shape index (κ3) is 5.97. The van der Waals surface area contributed by atoms with Crippen LogP contribution in [-0.4, -0.2) is 49.6 Å². The molecule has 0 aliphatic rings. The molecule has 0 radical (unpaired) electrons. The Labute approximate surface area is 138 Å². The Morgan fingerprint density at radius 2 is 2.04 bits per heavy atom. The molecule has 10 nitrogen and oxygen atoms in total. The van der Waals surface area contributed by atoms with Crippen LogP contribution in [0.25, 0.3) is 0 Å². The smallest absolute Gasteiger partial charge is 0.407 e. The zero-order valence-electron chi connectivity index (χ0n) is 13.6. The lowest BCUT2D eigenvalue weighted by atomic mass is 10.1. The van der Waals surface area contributed by atoms with E-state index >= 15 is 0 Å². The molecule has 0 aliphatic carbocycles. The molecule has 1 heterocycles. The molecule has 0 spiro atoms. The average molecular weight is 343 g/mol. The number of nitrogens with one attached hydrogen (secondary N) is 1. The van der Waals surface area contributed by atoms with Crippen molar-refractivity contribution in [2.45, 2.75) is 45.0 Å². The minimum Gasteiger partial charge on any atom is -0.501 e. The fourth-order valence-corrected chi connectivity index (χ4v) is 1.75. The summed E-state index contributed by atoms with van der Waals surface area (Å²) in [5, 5.41) is 42.3. The summed E-state index contributed by atoms with van der Waals surface area (Å²) in [6, 6.07) is 2.17. The summed E-state index contributed by atoms with van der Waals surface area (Å²) >= 11 is 0. The lowest BCUT2D eigenvalue weighted by Gasteiger charge is -2.20. The second-order valence-electron chi connectivity index (χ2n) is 6.07. The van der Waals surface area contributed by atoms with Gasteiger partial charge in [0.2, 0.25) is 5.75 Å². The van der Waals surface area contributed by atoms with Gasteiger partial charge in [0.25, 0.3) is 0 Å². The Morgan fingerprint density at radius 1 is 1.42 bits per heavy atom. The number of amides is 1. The van der Waals surface area contributed by atoms with Crippen LogP contribution in [-0.2, 0) is 4.74 Å². The van der Waals surface area contributed by atoms with Gasteiger partial charge in [0.15, 0.2) is 5.69 Å². The Kier molecular flexibility index (Phi) is 6.43. The van der Waals surface area contributed by atoms with Gasteiger partial charge in [-0.3, -0.25) is 0 Å². The molecule has 1 amide bonds. The van der Waals surface area contributed by atoms with Gasteiger partial charge >= 0.3 is 11.9 Å². The van der Waals surface area contributed by atoms with E-state index in [1.54, 1.807) is 20.8 Å². The van der Waals surface area contributed by atoms with Gasteiger partial charge in [-0.2, -0.15) is 0 Å². The van der Waals surface area contributed by atoms with Gasteiger partial charge in [-0.05, 0) is 49.2 Å². The molecule has 1 aromatic rings. The topological polar surface area (TPSA) is 155 Å². The highest BCUT2D eigenvalue weighted by atomic mass is 16.6. The number of pyridine rings is 1. The van der Waals surface area contributed by atoms with Crippen LogP contribution in [0.1, 0.15) is 39.0 Å². The lowest BCUT2D eigenvalue weighted by Crippen LogP contribution is -2.34. The molecule has 2 unspecified atom stereocenters. The number of hydrogen-bond donors (Lipinski definition) is 4. The van der Waals surface area contributed by atoms with Crippen LogP contribution in [0.4, 0.5) is 10.6 Å². The van der Waals surface area contributed by atoms with Gasteiger partial charge in [-0.1, -0.05) is 0 Å². The van der Waals surface area contributed by atoms with E-state index in [9.17, 15) is 30.2 Å². The van der Waals surface area contributed by atoms with Crippen molar-refractivity contribution in [2.75, 3.05) is 6.54 Å². The second-order valence-corrected chi connectivity index (χ2v) is 6.07. The quantitative estimate of drug-likeness (QED) is 0.440. The summed E-state index contributed by atoms with van der Waals surface area (Å²) < 4.78 is 5.01. The van der Waals surface area contributed by atoms with Crippen LogP contribution in [0, 0.1) is 10.1 Å². The fourth-order valence-electron chi connectivity index (χ4n) is 1.75. The second kappa shape index (κ2) is 7.88. The van der Waals surface area contributed by atoms with E-state index in [0.717, 1.165) is 12.1 Å². The number of nitro groups is 1. The average Bonchev–Trinajstić information content (AvgIpc) is 2.44. The molecule has 10 heteroatoms. The number of aliphatic hydroxyl groups excluding tert-OH is 2. The first-order valence-electron chi connectivity index (χ1n) is 7.18. The number of ether oxygens (including phenoxy) is 1. The predicted octanol–water partition coefficient (Wildman–Crippen LogP) is 1.00. The van der Waals surface area contributed by atoms with Crippen LogP contribution in [0.5, 0.6) is 5.75 Å². The molecule has 24 heavy (non-hydrogen) atoms. The van der Waals surface area contributed by atoms with Gasteiger partial charge in [0.05, 0.1) is 6.10 Å². The molecule has 4 N–H and O–H groups in total. The Hall–Kier alpha value is -2.46. The summed E-state index contributed by atoms with van der Waals surface area (Å²) in [4.78, 5) is 24.8.